The van der Waals surface area contributed by atoms with Crippen LogP contribution in [0.15, 0.2) is 48.0 Å². The van der Waals surface area contributed by atoms with Gasteiger partial charge in [-0.05, 0) is 31.3 Å². The van der Waals surface area contributed by atoms with E-state index in [1.165, 1.54) is 25.3 Å². The van der Waals surface area contributed by atoms with Crippen molar-refractivity contribution in [2.45, 2.75) is 0 Å². The summed E-state index contributed by atoms with van der Waals surface area (Å²) in [6, 6.07) is 13.3. The van der Waals surface area contributed by atoms with Gasteiger partial charge in [0.2, 0.25) is 0 Å². The van der Waals surface area contributed by atoms with Gasteiger partial charge < -0.3 is 19.9 Å². The van der Waals surface area contributed by atoms with Gasteiger partial charge in [0.1, 0.15) is 17.4 Å². The number of likely N-dealkylation sites (N-methyl/N-ethyl adjacent to an activating group) is 1. The lowest BCUT2D eigenvalue weighted by molar-refractivity contribution is -0.384. The van der Waals surface area contributed by atoms with Crippen LogP contribution in [-0.4, -0.2) is 56.1 Å². The van der Waals surface area contributed by atoms with Gasteiger partial charge in [0.15, 0.2) is 0 Å². The molecule has 0 radical (unpaired) electrons. The molecule has 0 spiro atoms. The largest absolute Gasteiger partial charge is 0.495 e. The fourth-order valence-corrected chi connectivity index (χ4v) is 3.35. The minimum Gasteiger partial charge on any atom is -0.495 e. The number of nitrogens with zero attached hydrogens (tertiary/aromatic N) is 4. The molecule has 2 aromatic carbocycles. The Morgan fingerprint density at radius 1 is 1.23 bits per heavy atom. The summed E-state index contributed by atoms with van der Waals surface area (Å²) in [6.45, 7) is 3.17. The molecule has 1 N–H and O–H groups in total. The number of carbonyl (C=O) groups excluding carboxylic acids is 1. The lowest BCUT2D eigenvalue weighted by atomic mass is 10.1. The SMILES string of the molecule is COc1ccccc1NC(=O)/C(C#N)=C/c1cc([N+](=O)[O-])ccc1N1CCN(C)CC1. The van der Waals surface area contributed by atoms with Crippen molar-refractivity contribution in [3.8, 4) is 11.8 Å². The standard InChI is InChI=1S/C22H23N5O4/c1-25-9-11-26(12-10-25)20-8-7-18(27(29)30)14-16(20)13-17(15-23)22(28)24-19-5-3-4-6-21(19)31-2/h3-8,13-14H,9-12H2,1-2H3,(H,24,28)/b17-13+. The Balaban J connectivity index is 1.96. The van der Waals surface area contributed by atoms with E-state index in [2.05, 4.69) is 15.1 Å². The maximum Gasteiger partial charge on any atom is 0.270 e. The number of carbonyl (C=O) groups is 1. The third kappa shape index (κ3) is 5.18. The van der Waals surface area contributed by atoms with Gasteiger partial charge in [0.05, 0.1) is 17.7 Å². The van der Waals surface area contributed by atoms with Crippen LogP contribution in [0.3, 0.4) is 0 Å². The molecule has 160 valence electrons. The lowest BCUT2D eigenvalue weighted by Gasteiger charge is -2.34. The number of nitro benzene ring substituents is 1. The van der Waals surface area contributed by atoms with Gasteiger partial charge in [-0.15, -0.1) is 0 Å². The molecule has 0 saturated carbocycles. The molecule has 9 heteroatoms. The predicted molar refractivity (Wildman–Crippen MR) is 118 cm³/mol. The molecular weight excluding hydrogens is 398 g/mol. The average molecular weight is 421 g/mol. The molecule has 1 fully saturated rings. The van der Waals surface area contributed by atoms with E-state index in [0.717, 1.165) is 31.9 Å². The molecule has 0 aliphatic carbocycles. The average Bonchev–Trinajstić information content (AvgIpc) is 2.78. The Morgan fingerprint density at radius 3 is 2.58 bits per heavy atom. The number of nitro groups is 1. The van der Waals surface area contributed by atoms with Gasteiger partial charge in [0, 0.05) is 49.6 Å². The van der Waals surface area contributed by atoms with Crippen molar-refractivity contribution in [1.29, 1.82) is 5.26 Å². The zero-order chi connectivity index (χ0) is 22.4. The Morgan fingerprint density at radius 2 is 1.94 bits per heavy atom. The number of hydrogen-bond donors (Lipinski definition) is 1. The first kappa shape index (κ1) is 21.8. The van der Waals surface area contributed by atoms with Crippen LogP contribution in [0.4, 0.5) is 17.1 Å². The monoisotopic (exact) mass is 421 g/mol. The van der Waals surface area contributed by atoms with E-state index in [1.807, 2.05) is 13.1 Å². The number of anilines is 2. The van der Waals surface area contributed by atoms with Crippen molar-refractivity contribution in [2.24, 2.45) is 0 Å². The van der Waals surface area contributed by atoms with Gasteiger partial charge >= 0.3 is 0 Å². The van der Waals surface area contributed by atoms with E-state index in [1.54, 1.807) is 30.3 Å². The summed E-state index contributed by atoms with van der Waals surface area (Å²) in [4.78, 5) is 27.8. The first-order valence-corrected chi connectivity index (χ1v) is 9.71. The molecule has 1 saturated heterocycles. The van der Waals surface area contributed by atoms with Crippen LogP contribution < -0.4 is 15.0 Å². The number of benzene rings is 2. The number of amides is 1. The van der Waals surface area contributed by atoms with Crippen molar-refractivity contribution in [2.75, 3.05) is 50.6 Å². The Bertz CT molecular complexity index is 1050. The van der Waals surface area contributed by atoms with Gasteiger partial charge in [-0.2, -0.15) is 5.26 Å². The summed E-state index contributed by atoms with van der Waals surface area (Å²) < 4.78 is 5.22. The third-order valence-corrected chi connectivity index (χ3v) is 5.09. The van der Waals surface area contributed by atoms with Gasteiger partial charge in [0.25, 0.3) is 11.6 Å². The molecule has 1 aliphatic rings. The van der Waals surface area contributed by atoms with E-state index in [9.17, 15) is 20.2 Å². The van der Waals surface area contributed by atoms with E-state index in [4.69, 9.17) is 4.74 Å². The van der Waals surface area contributed by atoms with Crippen LogP contribution in [-0.2, 0) is 4.79 Å². The van der Waals surface area contributed by atoms with Crippen molar-refractivity contribution in [1.82, 2.24) is 4.90 Å². The molecule has 1 aliphatic heterocycles. The zero-order valence-electron chi connectivity index (χ0n) is 17.4. The predicted octanol–water partition coefficient (Wildman–Crippen LogP) is 2.90. The van der Waals surface area contributed by atoms with Crippen LogP contribution in [0.5, 0.6) is 5.75 Å². The number of methoxy groups -OCH3 is 1. The third-order valence-electron chi connectivity index (χ3n) is 5.09. The molecule has 0 atom stereocenters. The first-order valence-electron chi connectivity index (χ1n) is 9.71. The molecule has 1 amide bonds. The molecule has 1 heterocycles. The van der Waals surface area contributed by atoms with E-state index in [-0.39, 0.29) is 11.3 Å². The highest BCUT2D eigenvalue weighted by Gasteiger charge is 2.20. The fourth-order valence-electron chi connectivity index (χ4n) is 3.35. The van der Waals surface area contributed by atoms with E-state index >= 15 is 0 Å². The van der Waals surface area contributed by atoms with Crippen LogP contribution >= 0.6 is 0 Å². The molecule has 0 aromatic heterocycles. The highest BCUT2D eigenvalue weighted by Crippen LogP contribution is 2.29. The maximum absolute atomic E-state index is 12.8. The van der Waals surface area contributed by atoms with Gasteiger partial charge in [-0.25, -0.2) is 0 Å². The fraction of sp³-hybridized carbons (Fsp3) is 0.273. The molecule has 2 aromatic rings. The summed E-state index contributed by atoms with van der Waals surface area (Å²) in [6.07, 6.45) is 1.39. The number of nitrogens with one attached hydrogen (secondary N) is 1. The van der Waals surface area contributed by atoms with Crippen LogP contribution in [0.25, 0.3) is 6.08 Å². The number of piperazine rings is 1. The summed E-state index contributed by atoms with van der Waals surface area (Å²) in [7, 11) is 3.52. The van der Waals surface area contributed by atoms with Gasteiger partial charge in [-0.1, -0.05) is 12.1 Å². The van der Waals surface area contributed by atoms with Crippen molar-refractivity contribution in [3.05, 3.63) is 63.7 Å². The Kier molecular flexibility index (Phi) is 6.85. The van der Waals surface area contributed by atoms with E-state index < -0.39 is 10.8 Å². The number of hydrogen-bond acceptors (Lipinski definition) is 7. The summed E-state index contributed by atoms with van der Waals surface area (Å²) in [5, 5.41) is 23.6. The van der Waals surface area contributed by atoms with E-state index in [0.29, 0.717) is 17.0 Å². The molecule has 0 bridgehead atoms. The lowest BCUT2D eigenvalue weighted by Crippen LogP contribution is -2.44. The molecule has 3 rings (SSSR count). The summed E-state index contributed by atoms with van der Waals surface area (Å²) in [5.41, 5.74) is 1.35. The summed E-state index contributed by atoms with van der Waals surface area (Å²) >= 11 is 0. The molecule has 31 heavy (non-hydrogen) atoms. The molecule has 0 unspecified atom stereocenters. The highest BCUT2D eigenvalue weighted by molar-refractivity contribution is 6.10. The number of rotatable bonds is 6. The quantitative estimate of drug-likeness (QED) is 0.330. The second-order valence-corrected chi connectivity index (χ2v) is 7.11. The second kappa shape index (κ2) is 9.73. The Hall–Kier alpha value is -3.90. The van der Waals surface area contributed by atoms with Crippen molar-refractivity contribution in [3.63, 3.8) is 0 Å². The second-order valence-electron chi connectivity index (χ2n) is 7.11. The highest BCUT2D eigenvalue weighted by atomic mass is 16.6. The van der Waals surface area contributed by atoms with Crippen molar-refractivity contribution >= 4 is 29.0 Å². The maximum atomic E-state index is 12.8. The van der Waals surface area contributed by atoms with Crippen LogP contribution in [0.1, 0.15) is 5.56 Å². The number of nitriles is 1. The van der Waals surface area contributed by atoms with Crippen molar-refractivity contribution < 1.29 is 14.5 Å². The van der Waals surface area contributed by atoms with Crippen LogP contribution in [0.2, 0.25) is 0 Å². The molecule has 9 nitrogen and oxygen atoms in total. The summed E-state index contributed by atoms with van der Waals surface area (Å²) in [5.74, 6) is -0.163. The first-order chi connectivity index (χ1) is 14.9. The normalized spacial score (nSPS) is 14.6. The minimum absolute atomic E-state index is 0.105. The van der Waals surface area contributed by atoms with Crippen LogP contribution in [0, 0.1) is 21.4 Å². The number of para-hydroxylation sites is 2. The minimum atomic E-state index is -0.622. The zero-order valence-corrected chi connectivity index (χ0v) is 17.4. The number of non-ortho nitro benzene ring substituents is 1. The molecular formula is C22H23N5O4. The van der Waals surface area contributed by atoms with Gasteiger partial charge in [-0.3, -0.25) is 14.9 Å². The Labute approximate surface area is 180 Å². The topological polar surface area (TPSA) is 112 Å². The number of ether oxygens (including phenoxy) is 1. The smallest absolute Gasteiger partial charge is 0.270 e.